The van der Waals surface area contributed by atoms with Crippen molar-refractivity contribution in [2.75, 3.05) is 0 Å². The van der Waals surface area contributed by atoms with Gasteiger partial charge in [0.15, 0.2) is 0 Å². The molecule has 192 valence electrons. The number of hydrazone groups is 1. The second kappa shape index (κ2) is 10.6. The molecule has 38 heavy (non-hydrogen) atoms. The van der Waals surface area contributed by atoms with E-state index in [-0.39, 0.29) is 24.8 Å². The Morgan fingerprint density at radius 3 is 2.18 bits per heavy atom. The number of pyridine rings is 1. The van der Waals surface area contributed by atoms with E-state index < -0.39 is 17.9 Å². The van der Waals surface area contributed by atoms with Gasteiger partial charge in [0.25, 0.3) is 5.56 Å². The number of carbonyl (C=O) groups is 2. The van der Waals surface area contributed by atoms with Gasteiger partial charge in [-0.1, -0.05) is 59.1 Å². The lowest BCUT2D eigenvalue weighted by atomic mass is 9.91. The summed E-state index contributed by atoms with van der Waals surface area (Å²) in [5.74, 6) is -1.55. The highest BCUT2D eigenvalue weighted by molar-refractivity contribution is 6.32. The molecule has 2 heterocycles. The Labute approximate surface area is 232 Å². The molecule has 1 amide bonds. The molecule has 0 fully saturated rings. The summed E-state index contributed by atoms with van der Waals surface area (Å²) in [7, 11) is 0. The number of nitrogens with one attached hydrogen (secondary N) is 1. The molecule has 4 aromatic rings. The van der Waals surface area contributed by atoms with Crippen LogP contribution in [0, 0.1) is 0 Å². The number of hydrogen-bond donors (Lipinski definition) is 2. The number of aromatic nitrogens is 1. The first-order valence-electron chi connectivity index (χ1n) is 11.7. The molecule has 0 radical (unpaired) electrons. The summed E-state index contributed by atoms with van der Waals surface area (Å²) in [5.41, 5.74) is 3.00. The zero-order valence-corrected chi connectivity index (χ0v) is 22.0. The molecule has 1 aliphatic heterocycles. The van der Waals surface area contributed by atoms with E-state index in [4.69, 9.17) is 39.9 Å². The van der Waals surface area contributed by atoms with E-state index in [1.807, 2.05) is 12.1 Å². The molecule has 1 aliphatic rings. The highest BCUT2D eigenvalue weighted by Crippen LogP contribution is 2.38. The fourth-order valence-electron chi connectivity index (χ4n) is 4.62. The van der Waals surface area contributed by atoms with Crippen LogP contribution in [0.25, 0.3) is 22.0 Å². The average molecular weight is 569 g/mol. The summed E-state index contributed by atoms with van der Waals surface area (Å²) in [6, 6.07) is 18.7. The van der Waals surface area contributed by atoms with E-state index in [0.717, 1.165) is 11.1 Å². The van der Waals surface area contributed by atoms with Crippen LogP contribution in [0.4, 0.5) is 0 Å². The molecule has 0 saturated carbocycles. The van der Waals surface area contributed by atoms with Crippen LogP contribution in [0.3, 0.4) is 0 Å². The molecule has 0 spiro atoms. The molecular weight excluding hydrogens is 549 g/mol. The zero-order chi connectivity index (χ0) is 27.0. The predicted octanol–water partition coefficient (Wildman–Crippen LogP) is 6.70. The normalized spacial score (nSPS) is 15.1. The van der Waals surface area contributed by atoms with Crippen molar-refractivity contribution in [2.45, 2.75) is 25.3 Å². The summed E-state index contributed by atoms with van der Waals surface area (Å²) in [4.78, 5) is 40.7. The van der Waals surface area contributed by atoms with Crippen molar-refractivity contribution in [1.82, 2.24) is 9.99 Å². The number of aliphatic carboxylic acids is 1. The lowest BCUT2D eigenvalue weighted by Crippen LogP contribution is -2.27. The Kier molecular flexibility index (Phi) is 7.25. The number of H-pyrrole nitrogens is 1. The van der Waals surface area contributed by atoms with Gasteiger partial charge < -0.3 is 10.1 Å². The maximum Gasteiger partial charge on any atom is 0.303 e. The number of halogens is 3. The number of hydrogen-bond acceptors (Lipinski definition) is 4. The van der Waals surface area contributed by atoms with E-state index in [2.05, 4.69) is 10.1 Å². The highest BCUT2D eigenvalue weighted by Gasteiger charge is 2.35. The molecule has 10 heteroatoms. The molecule has 1 unspecified atom stereocenters. The van der Waals surface area contributed by atoms with Crippen LogP contribution < -0.4 is 5.56 Å². The number of aromatic amines is 1. The molecule has 0 aliphatic carbocycles. The first kappa shape index (κ1) is 26.0. The Morgan fingerprint density at radius 2 is 1.53 bits per heavy atom. The Bertz CT molecular complexity index is 1650. The molecule has 7 nitrogen and oxygen atoms in total. The van der Waals surface area contributed by atoms with Crippen LogP contribution in [0.5, 0.6) is 0 Å². The Morgan fingerprint density at radius 1 is 0.895 bits per heavy atom. The summed E-state index contributed by atoms with van der Waals surface area (Å²) in [6.45, 7) is 0. The third-order valence-electron chi connectivity index (χ3n) is 6.37. The van der Waals surface area contributed by atoms with Gasteiger partial charge in [-0.25, -0.2) is 5.01 Å². The SMILES string of the molecule is O=C(O)CCC(=O)N1N=C(c2c(-c3ccc(Cl)cc3)c3cc(Cl)ccc3[nH]c2=O)CC1c1ccc(Cl)cc1. The van der Waals surface area contributed by atoms with Gasteiger partial charge in [-0.3, -0.25) is 14.4 Å². The number of rotatable bonds is 6. The van der Waals surface area contributed by atoms with Gasteiger partial charge in [0.05, 0.1) is 23.7 Å². The smallest absolute Gasteiger partial charge is 0.303 e. The molecular formula is C28H20Cl3N3O4. The molecule has 2 N–H and O–H groups in total. The zero-order valence-electron chi connectivity index (χ0n) is 19.7. The van der Waals surface area contributed by atoms with Crippen molar-refractivity contribution in [2.24, 2.45) is 5.10 Å². The molecule has 1 aromatic heterocycles. The van der Waals surface area contributed by atoms with Gasteiger partial charge in [0.1, 0.15) is 0 Å². The quantitative estimate of drug-likeness (QED) is 0.270. The minimum Gasteiger partial charge on any atom is -0.481 e. The monoisotopic (exact) mass is 567 g/mol. The lowest BCUT2D eigenvalue weighted by Gasteiger charge is -2.22. The van der Waals surface area contributed by atoms with Gasteiger partial charge >= 0.3 is 5.97 Å². The summed E-state index contributed by atoms with van der Waals surface area (Å²) >= 11 is 18.6. The van der Waals surface area contributed by atoms with Crippen molar-refractivity contribution < 1.29 is 14.7 Å². The Hall–Kier alpha value is -3.65. The van der Waals surface area contributed by atoms with Crippen LogP contribution in [-0.2, 0) is 9.59 Å². The molecule has 1 atom stereocenters. The summed E-state index contributed by atoms with van der Waals surface area (Å²) in [5, 5.41) is 17.2. The maximum absolute atomic E-state index is 13.6. The second-order valence-electron chi connectivity index (χ2n) is 8.85. The fraction of sp³-hybridized carbons (Fsp3) is 0.143. The van der Waals surface area contributed by atoms with E-state index >= 15 is 0 Å². The molecule has 3 aromatic carbocycles. The maximum atomic E-state index is 13.6. The van der Waals surface area contributed by atoms with E-state index in [9.17, 15) is 14.4 Å². The van der Waals surface area contributed by atoms with E-state index in [1.54, 1.807) is 54.6 Å². The summed E-state index contributed by atoms with van der Waals surface area (Å²) < 4.78 is 0. The minimum absolute atomic E-state index is 0.232. The second-order valence-corrected chi connectivity index (χ2v) is 10.2. The van der Waals surface area contributed by atoms with Gasteiger partial charge in [-0.05, 0) is 53.6 Å². The Balaban J connectivity index is 1.70. The van der Waals surface area contributed by atoms with Crippen molar-refractivity contribution in [3.05, 3.63) is 103 Å². The number of amides is 1. The van der Waals surface area contributed by atoms with Crippen molar-refractivity contribution >= 4 is 63.3 Å². The third kappa shape index (κ3) is 5.18. The highest BCUT2D eigenvalue weighted by atomic mass is 35.5. The number of nitrogens with zero attached hydrogens (tertiary/aromatic N) is 2. The minimum atomic E-state index is -1.09. The van der Waals surface area contributed by atoms with Crippen LogP contribution >= 0.6 is 34.8 Å². The molecule has 0 saturated heterocycles. The fourth-order valence-corrected chi connectivity index (χ4v) is 5.05. The van der Waals surface area contributed by atoms with Crippen LogP contribution in [0.2, 0.25) is 15.1 Å². The number of carboxylic acids is 1. The van der Waals surface area contributed by atoms with Crippen molar-refractivity contribution in [1.29, 1.82) is 0 Å². The third-order valence-corrected chi connectivity index (χ3v) is 7.11. The van der Waals surface area contributed by atoms with Crippen LogP contribution in [0.15, 0.2) is 76.6 Å². The van der Waals surface area contributed by atoms with Crippen molar-refractivity contribution in [3.63, 3.8) is 0 Å². The van der Waals surface area contributed by atoms with Gasteiger partial charge in [0, 0.05) is 44.4 Å². The predicted molar refractivity (Wildman–Crippen MR) is 149 cm³/mol. The lowest BCUT2D eigenvalue weighted by molar-refractivity contribution is -0.141. The topological polar surface area (TPSA) is 103 Å². The van der Waals surface area contributed by atoms with Gasteiger partial charge in [-0.2, -0.15) is 5.10 Å². The molecule has 5 rings (SSSR count). The first-order valence-corrected chi connectivity index (χ1v) is 12.8. The van der Waals surface area contributed by atoms with Gasteiger partial charge in [0.2, 0.25) is 5.91 Å². The first-order chi connectivity index (χ1) is 18.2. The standard InChI is InChI=1S/C28H20Cl3N3O4/c29-17-5-1-15(2-6-17)23-14-22(33-34(23)24(35)11-12-25(36)37)27-26(16-3-7-18(30)8-4-16)20-13-19(31)9-10-21(20)32-28(27)38/h1-10,13,23H,11-12,14H2,(H,32,38)(H,36,37). The van der Waals surface area contributed by atoms with E-state index in [0.29, 0.717) is 42.8 Å². The number of carboxylic acid groups (broad SMARTS) is 1. The van der Waals surface area contributed by atoms with Gasteiger partial charge in [-0.15, -0.1) is 0 Å². The largest absolute Gasteiger partial charge is 0.481 e. The number of fused-ring (bicyclic) bond motifs is 1. The number of benzene rings is 3. The summed E-state index contributed by atoms with van der Waals surface area (Å²) in [6.07, 6.45) is -0.335. The number of carbonyl (C=O) groups excluding carboxylic acids is 1. The molecule has 0 bridgehead atoms. The van der Waals surface area contributed by atoms with Crippen LogP contribution in [0.1, 0.15) is 36.4 Å². The van der Waals surface area contributed by atoms with Crippen LogP contribution in [-0.4, -0.2) is 32.7 Å². The van der Waals surface area contributed by atoms with E-state index in [1.165, 1.54) is 5.01 Å². The van der Waals surface area contributed by atoms with Crippen molar-refractivity contribution in [3.8, 4) is 11.1 Å². The average Bonchev–Trinajstić information content (AvgIpc) is 3.33.